The molecule has 0 bridgehead atoms. The molecule has 0 aliphatic carbocycles. The largest absolute Gasteiger partial charge is 0.389 e. The van der Waals surface area contributed by atoms with E-state index in [1.807, 2.05) is 31.6 Å². The molecule has 2 rings (SSSR count). The summed E-state index contributed by atoms with van der Waals surface area (Å²) in [5.74, 6) is 0.730. The van der Waals surface area contributed by atoms with Crippen molar-refractivity contribution in [3.05, 3.63) is 41.9 Å². The standard InChI is InChI=1S/C12H15N5S/c1-17-8-9(7-16-17)4-6-15-12-10(11(13)18)3-2-5-14-12/h2-3,5,7-8H,4,6H2,1H3,(H2,13,18)(H,14,15). The molecule has 5 nitrogen and oxygen atoms in total. The van der Waals surface area contributed by atoms with E-state index >= 15 is 0 Å². The predicted octanol–water partition coefficient (Wildman–Crippen LogP) is 1.10. The van der Waals surface area contributed by atoms with Crippen LogP contribution in [0.4, 0.5) is 5.82 Å². The monoisotopic (exact) mass is 261 g/mol. The van der Waals surface area contributed by atoms with Crippen LogP contribution in [0.2, 0.25) is 0 Å². The van der Waals surface area contributed by atoms with Gasteiger partial charge in [-0.15, -0.1) is 0 Å². The van der Waals surface area contributed by atoms with Gasteiger partial charge in [-0.05, 0) is 24.1 Å². The zero-order chi connectivity index (χ0) is 13.0. The van der Waals surface area contributed by atoms with Crippen molar-refractivity contribution in [2.45, 2.75) is 6.42 Å². The summed E-state index contributed by atoms with van der Waals surface area (Å²) in [5, 5.41) is 7.36. The lowest BCUT2D eigenvalue weighted by Crippen LogP contribution is -2.15. The molecule has 3 N–H and O–H groups in total. The molecule has 0 saturated heterocycles. The number of aryl methyl sites for hydroxylation is 1. The summed E-state index contributed by atoms with van der Waals surface area (Å²) in [7, 11) is 1.90. The first-order valence-corrected chi connectivity index (χ1v) is 6.04. The Labute approximate surface area is 111 Å². The Kier molecular flexibility index (Phi) is 3.88. The summed E-state index contributed by atoms with van der Waals surface area (Å²) in [6, 6.07) is 3.68. The Bertz CT molecular complexity index is 549. The first-order valence-electron chi connectivity index (χ1n) is 5.63. The number of pyridine rings is 1. The quantitative estimate of drug-likeness (QED) is 0.789. The smallest absolute Gasteiger partial charge is 0.136 e. The van der Waals surface area contributed by atoms with Gasteiger partial charge >= 0.3 is 0 Å². The van der Waals surface area contributed by atoms with Crippen LogP contribution in [0.25, 0.3) is 0 Å². The van der Waals surface area contributed by atoms with Crippen LogP contribution in [0, 0.1) is 0 Å². The Balaban J connectivity index is 1.96. The van der Waals surface area contributed by atoms with Crippen LogP contribution < -0.4 is 11.1 Å². The number of hydrogen-bond donors (Lipinski definition) is 2. The maximum absolute atomic E-state index is 5.64. The number of rotatable bonds is 5. The minimum absolute atomic E-state index is 0.354. The second-order valence-corrected chi connectivity index (χ2v) is 4.40. The highest BCUT2D eigenvalue weighted by Gasteiger charge is 2.05. The van der Waals surface area contributed by atoms with Gasteiger partial charge < -0.3 is 11.1 Å². The summed E-state index contributed by atoms with van der Waals surface area (Å²) < 4.78 is 1.79. The lowest BCUT2D eigenvalue weighted by atomic mass is 10.2. The third kappa shape index (κ3) is 3.04. The molecule has 0 aliphatic rings. The number of anilines is 1. The van der Waals surface area contributed by atoms with Crippen LogP contribution in [0.5, 0.6) is 0 Å². The van der Waals surface area contributed by atoms with Gasteiger partial charge in [-0.1, -0.05) is 12.2 Å². The normalized spacial score (nSPS) is 10.3. The van der Waals surface area contributed by atoms with Gasteiger partial charge in [0.05, 0.1) is 11.8 Å². The van der Waals surface area contributed by atoms with Gasteiger partial charge in [0.15, 0.2) is 0 Å². The fourth-order valence-corrected chi connectivity index (χ4v) is 1.84. The maximum Gasteiger partial charge on any atom is 0.136 e. The molecule has 0 unspecified atom stereocenters. The molecular weight excluding hydrogens is 246 g/mol. The third-order valence-electron chi connectivity index (χ3n) is 2.54. The summed E-state index contributed by atoms with van der Waals surface area (Å²) in [6.07, 6.45) is 6.44. The number of nitrogens with one attached hydrogen (secondary N) is 1. The van der Waals surface area contributed by atoms with Crippen LogP contribution in [-0.4, -0.2) is 26.3 Å². The molecule has 0 radical (unpaired) electrons. The number of nitrogens with zero attached hydrogens (tertiary/aromatic N) is 3. The highest BCUT2D eigenvalue weighted by atomic mass is 32.1. The molecule has 0 atom stereocenters. The molecule has 0 aromatic carbocycles. The van der Waals surface area contributed by atoms with E-state index in [-0.39, 0.29) is 0 Å². The molecule has 18 heavy (non-hydrogen) atoms. The van der Waals surface area contributed by atoms with E-state index in [0.717, 1.165) is 24.3 Å². The fraction of sp³-hybridized carbons (Fsp3) is 0.250. The fourth-order valence-electron chi connectivity index (χ4n) is 1.67. The second-order valence-electron chi connectivity index (χ2n) is 3.96. The first-order chi connectivity index (χ1) is 8.66. The average Bonchev–Trinajstić information content (AvgIpc) is 2.75. The van der Waals surface area contributed by atoms with Crippen molar-refractivity contribution in [2.24, 2.45) is 12.8 Å². The molecule has 0 fully saturated rings. The van der Waals surface area contributed by atoms with Crippen LogP contribution >= 0.6 is 12.2 Å². The minimum atomic E-state index is 0.354. The summed E-state index contributed by atoms with van der Waals surface area (Å²) in [5.41, 5.74) is 7.59. The Morgan fingerprint density at radius 1 is 1.56 bits per heavy atom. The molecule has 94 valence electrons. The molecule has 2 aromatic heterocycles. The Morgan fingerprint density at radius 3 is 3.06 bits per heavy atom. The van der Waals surface area contributed by atoms with Crippen molar-refractivity contribution in [1.82, 2.24) is 14.8 Å². The van der Waals surface area contributed by atoms with Gasteiger partial charge in [-0.25, -0.2) is 4.98 Å². The molecule has 2 aromatic rings. The van der Waals surface area contributed by atoms with E-state index in [2.05, 4.69) is 15.4 Å². The zero-order valence-electron chi connectivity index (χ0n) is 10.1. The van der Waals surface area contributed by atoms with Gasteiger partial charge in [0.1, 0.15) is 10.8 Å². The second kappa shape index (κ2) is 5.59. The highest BCUT2D eigenvalue weighted by molar-refractivity contribution is 7.80. The van der Waals surface area contributed by atoms with Crippen molar-refractivity contribution in [1.29, 1.82) is 0 Å². The Morgan fingerprint density at radius 2 is 2.39 bits per heavy atom. The van der Waals surface area contributed by atoms with Crippen LogP contribution in [-0.2, 0) is 13.5 Å². The number of aromatic nitrogens is 3. The summed E-state index contributed by atoms with van der Waals surface area (Å²) in [6.45, 7) is 0.762. The molecular formula is C12H15N5S. The molecule has 0 spiro atoms. The topological polar surface area (TPSA) is 68.8 Å². The van der Waals surface area contributed by atoms with Crippen molar-refractivity contribution >= 4 is 23.0 Å². The van der Waals surface area contributed by atoms with Gasteiger partial charge in [-0.2, -0.15) is 5.10 Å². The van der Waals surface area contributed by atoms with Crippen LogP contribution in [0.1, 0.15) is 11.1 Å². The highest BCUT2D eigenvalue weighted by Crippen LogP contribution is 2.11. The van der Waals surface area contributed by atoms with E-state index in [4.69, 9.17) is 18.0 Å². The predicted molar refractivity (Wildman–Crippen MR) is 75.5 cm³/mol. The first kappa shape index (κ1) is 12.5. The van der Waals surface area contributed by atoms with E-state index in [1.54, 1.807) is 10.9 Å². The van der Waals surface area contributed by atoms with Gasteiger partial charge in [0.2, 0.25) is 0 Å². The van der Waals surface area contributed by atoms with E-state index in [0.29, 0.717) is 4.99 Å². The van der Waals surface area contributed by atoms with Gasteiger partial charge in [0, 0.05) is 26.0 Å². The van der Waals surface area contributed by atoms with Crippen LogP contribution in [0.15, 0.2) is 30.7 Å². The minimum Gasteiger partial charge on any atom is -0.389 e. The summed E-state index contributed by atoms with van der Waals surface area (Å²) >= 11 is 4.98. The molecule has 0 saturated carbocycles. The molecule has 6 heteroatoms. The molecule has 0 aliphatic heterocycles. The number of thiocarbonyl (C=S) groups is 1. The van der Waals surface area contributed by atoms with Crippen molar-refractivity contribution in [3.63, 3.8) is 0 Å². The van der Waals surface area contributed by atoms with E-state index in [9.17, 15) is 0 Å². The van der Waals surface area contributed by atoms with Crippen molar-refractivity contribution in [3.8, 4) is 0 Å². The number of hydrogen-bond acceptors (Lipinski definition) is 4. The third-order valence-corrected chi connectivity index (χ3v) is 2.76. The van der Waals surface area contributed by atoms with E-state index in [1.165, 1.54) is 5.56 Å². The number of nitrogens with two attached hydrogens (primary N) is 1. The Hall–Kier alpha value is -1.95. The molecule has 0 amide bonds. The lowest BCUT2D eigenvalue weighted by molar-refractivity contribution is 0.767. The molecule has 2 heterocycles. The lowest BCUT2D eigenvalue weighted by Gasteiger charge is -2.08. The average molecular weight is 261 g/mol. The van der Waals surface area contributed by atoms with E-state index < -0.39 is 0 Å². The van der Waals surface area contributed by atoms with Gasteiger partial charge in [-0.3, -0.25) is 4.68 Å². The zero-order valence-corrected chi connectivity index (χ0v) is 10.9. The maximum atomic E-state index is 5.64. The summed E-state index contributed by atoms with van der Waals surface area (Å²) in [4.78, 5) is 4.59. The van der Waals surface area contributed by atoms with Crippen LogP contribution in [0.3, 0.4) is 0 Å². The van der Waals surface area contributed by atoms with Crippen molar-refractivity contribution < 1.29 is 0 Å². The SMILES string of the molecule is Cn1cc(CCNc2ncccc2C(N)=S)cn1. The van der Waals surface area contributed by atoms with Gasteiger partial charge in [0.25, 0.3) is 0 Å². The van der Waals surface area contributed by atoms with Crippen molar-refractivity contribution in [2.75, 3.05) is 11.9 Å².